The number of piperazine rings is 1. The Morgan fingerprint density at radius 3 is 2.71 bits per heavy atom. The Hall–Kier alpha value is -4.16. The van der Waals surface area contributed by atoms with Crippen LogP contribution in [0.4, 0.5) is 11.4 Å². The molecule has 4 aromatic rings. The maximum Gasteiger partial charge on any atom is 0.246 e. The van der Waals surface area contributed by atoms with Crippen LogP contribution in [0.3, 0.4) is 0 Å². The average molecular weight is 468 g/mol. The van der Waals surface area contributed by atoms with Gasteiger partial charge in [-0.15, -0.1) is 0 Å². The molecule has 1 aliphatic rings. The summed E-state index contributed by atoms with van der Waals surface area (Å²) in [6, 6.07) is 8.53. The number of pyridine rings is 1. The average Bonchev–Trinajstić information content (AvgIpc) is 3.33. The van der Waals surface area contributed by atoms with Crippen LogP contribution >= 0.6 is 0 Å². The van der Waals surface area contributed by atoms with Crippen LogP contribution < -0.4 is 15.8 Å². The van der Waals surface area contributed by atoms with Crippen LogP contribution in [0.25, 0.3) is 32.9 Å². The van der Waals surface area contributed by atoms with E-state index in [1.807, 2.05) is 12.3 Å². The van der Waals surface area contributed by atoms with Crippen molar-refractivity contribution >= 4 is 54.5 Å². The number of nitrogens with two attached hydrogens (primary N) is 1. The fourth-order valence-electron chi connectivity index (χ4n) is 4.98. The monoisotopic (exact) mass is 467 g/mol. The van der Waals surface area contributed by atoms with Gasteiger partial charge in [-0.3, -0.25) is 14.9 Å². The summed E-state index contributed by atoms with van der Waals surface area (Å²) in [5.41, 5.74) is 13.6. The van der Waals surface area contributed by atoms with E-state index in [0.29, 0.717) is 42.9 Å². The van der Waals surface area contributed by atoms with Gasteiger partial charge in [0.05, 0.1) is 34.2 Å². The number of nitrogens with one attached hydrogen (secondary N) is 1. The summed E-state index contributed by atoms with van der Waals surface area (Å²) in [7, 11) is 0.763. The lowest BCUT2D eigenvalue weighted by molar-refractivity contribution is -0.126. The van der Waals surface area contributed by atoms with Gasteiger partial charge in [0.25, 0.3) is 0 Å². The molecule has 1 saturated heterocycles. The van der Waals surface area contributed by atoms with Crippen LogP contribution in [0.15, 0.2) is 43.2 Å². The largest absolute Gasteiger partial charge is 0.396 e. The summed E-state index contributed by atoms with van der Waals surface area (Å²) in [6.45, 7) is 8.05. The van der Waals surface area contributed by atoms with E-state index in [4.69, 9.17) is 5.73 Å². The highest BCUT2D eigenvalue weighted by Gasteiger charge is 2.25. The number of benzene rings is 2. The van der Waals surface area contributed by atoms with Crippen LogP contribution in [0.5, 0.6) is 0 Å². The summed E-state index contributed by atoms with van der Waals surface area (Å²) < 4.78 is 0. The Morgan fingerprint density at radius 1 is 1.24 bits per heavy atom. The molecular formula is C25H25N7OSi. The molecule has 0 spiro atoms. The lowest BCUT2D eigenvalue weighted by atomic mass is 9.93. The van der Waals surface area contributed by atoms with E-state index >= 15 is 0 Å². The molecule has 0 aliphatic carbocycles. The second-order valence-corrected chi connectivity index (χ2v) is 9.69. The third-order valence-corrected chi connectivity index (χ3v) is 7.44. The van der Waals surface area contributed by atoms with Crippen molar-refractivity contribution in [3.8, 4) is 17.2 Å². The molecule has 170 valence electrons. The number of hydrogen-bond donors (Lipinski definition) is 2. The van der Waals surface area contributed by atoms with Gasteiger partial charge in [-0.2, -0.15) is 10.4 Å². The van der Waals surface area contributed by atoms with Crippen molar-refractivity contribution in [2.45, 2.75) is 6.92 Å². The zero-order chi connectivity index (χ0) is 24.0. The number of nitrogens with zero attached hydrogens (tertiary/aromatic N) is 5. The highest BCUT2D eigenvalue weighted by atomic mass is 28.1. The lowest BCUT2D eigenvalue weighted by Crippen LogP contribution is -2.48. The maximum absolute atomic E-state index is 12.0. The summed E-state index contributed by atoms with van der Waals surface area (Å²) in [5, 5.41) is 20.2. The zero-order valence-electron chi connectivity index (χ0n) is 19.2. The third kappa shape index (κ3) is 3.31. The Bertz CT molecular complexity index is 1510. The number of aromatic amines is 1. The minimum atomic E-state index is -0.0701. The van der Waals surface area contributed by atoms with Gasteiger partial charge >= 0.3 is 0 Å². The van der Waals surface area contributed by atoms with Gasteiger partial charge in [0, 0.05) is 59.0 Å². The van der Waals surface area contributed by atoms with Gasteiger partial charge in [0.15, 0.2) is 0 Å². The highest BCUT2D eigenvalue weighted by Crippen LogP contribution is 2.39. The SMILES string of the molecule is C=CC(=O)N1CCN(c2c(C#N)cnc3c(N)c(-c4c(C)ccc5[nH]ncc45)c([SiH3])cc23)CC1. The van der Waals surface area contributed by atoms with Gasteiger partial charge in [-0.1, -0.05) is 23.9 Å². The van der Waals surface area contributed by atoms with Crippen molar-refractivity contribution < 1.29 is 4.79 Å². The standard InChI is InChI=1S/C25H25N7OSi/c1-3-20(33)31-6-8-32(9-7-31)25-15(11-26)12-28-24-16(25)10-19(34)22(23(24)27)21-14(2)4-5-18-17(21)13-29-30-18/h3-5,10,12-13H,1,6-9,27H2,2,34H3,(H,29,30). The van der Waals surface area contributed by atoms with Crippen LogP contribution in [-0.4, -0.2) is 62.4 Å². The van der Waals surface area contributed by atoms with Crippen LogP contribution in [0.2, 0.25) is 0 Å². The first-order valence-corrected chi connectivity index (χ1v) is 12.2. The molecule has 0 radical (unpaired) electrons. The lowest BCUT2D eigenvalue weighted by Gasteiger charge is -2.36. The number of aryl methyl sites for hydroxylation is 1. The molecule has 1 fully saturated rings. The summed E-state index contributed by atoms with van der Waals surface area (Å²) in [5.74, 6) is -0.0701. The van der Waals surface area contributed by atoms with Crippen molar-refractivity contribution in [3.63, 3.8) is 0 Å². The molecule has 8 nitrogen and oxygen atoms in total. The van der Waals surface area contributed by atoms with E-state index in [9.17, 15) is 10.1 Å². The van der Waals surface area contributed by atoms with E-state index in [1.54, 1.807) is 11.1 Å². The van der Waals surface area contributed by atoms with Crippen molar-refractivity contribution in [2.24, 2.45) is 0 Å². The molecule has 0 bridgehead atoms. The third-order valence-electron chi connectivity index (χ3n) is 6.65. The van der Waals surface area contributed by atoms with E-state index in [2.05, 4.69) is 51.8 Å². The van der Waals surface area contributed by atoms with Crippen molar-refractivity contribution in [3.05, 3.63) is 54.4 Å². The second kappa shape index (κ2) is 8.32. The number of anilines is 2. The molecule has 9 heteroatoms. The van der Waals surface area contributed by atoms with Crippen molar-refractivity contribution in [2.75, 3.05) is 36.8 Å². The van der Waals surface area contributed by atoms with E-state index in [0.717, 1.165) is 54.1 Å². The number of aromatic nitrogens is 3. The Balaban J connectivity index is 1.69. The number of carbonyl (C=O) groups is 1. The second-order valence-electron chi connectivity index (χ2n) is 8.62. The summed E-state index contributed by atoms with van der Waals surface area (Å²) in [6.07, 6.45) is 4.79. The first-order chi connectivity index (χ1) is 16.4. The molecule has 0 saturated carbocycles. The Kier molecular flexibility index (Phi) is 5.30. The molecule has 0 unspecified atom stereocenters. The molecule has 2 aromatic carbocycles. The summed E-state index contributed by atoms with van der Waals surface area (Å²) in [4.78, 5) is 20.6. The predicted molar refractivity (Wildman–Crippen MR) is 139 cm³/mol. The quantitative estimate of drug-likeness (QED) is 0.267. The van der Waals surface area contributed by atoms with Crippen LogP contribution in [0.1, 0.15) is 11.1 Å². The minimum Gasteiger partial charge on any atom is -0.396 e. The molecule has 3 N–H and O–H groups in total. The van der Waals surface area contributed by atoms with Gasteiger partial charge in [0.2, 0.25) is 5.91 Å². The van der Waals surface area contributed by atoms with E-state index in [1.165, 1.54) is 6.08 Å². The number of nitriles is 1. The van der Waals surface area contributed by atoms with Gasteiger partial charge < -0.3 is 15.5 Å². The van der Waals surface area contributed by atoms with E-state index < -0.39 is 0 Å². The highest BCUT2D eigenvalue weighted by molar-refractivity contribution is 6.39. The fourth-order valence-corrected chi connectivity index (χ4v) is 5.79. The molecule has 1 aliphatic heterocycles. The first kappa shape index (κ1) is 21.7. The number of nitrogen functional groups attached to an aromatic ring is 1. The molecule has 1 amide bonds. The number of amides is 1. The van der Waals surface area contributed by atoms with E-state index in [-0.39, 0.29) is 5.91 Å². The summed E-state index contributed by atoms with van der Waals surface area (Å²) >= 11 is 0. The molecule has 2 aromatic heterocycles. The predicted octanol–water partition coefficient (Wildman–Crippen LogP) is 1.37. The van der Waals surface area contributed by atoms with Gasteiger partial charge in [-0.05, 0) is 30.2 Å². The molecule has 0 atom stereocenters. The van der Waals surface area contributed by atoms with Crippen molar-refractivity contribution in [1.29, 1.82) is 5.26 Å². The normalized spacial score (nSPS) is 14.0. The number of rotatable bonds is 3. The number of H-pyrrole nitrogens is 1. The van der Waals surface area contributed by atoms with Crippen LogP contribution in [0, 0.1) is 18.3 Å². The molecular weight excluding hydrogens is 442 g/mol. The first-order valence-electron chi connectivity index (χ1n) is 11.2. The van der Waals surface area contributed by atoms with Gasteiger partial charge in [-0.25, -0.2) is 0 Å². The zero-order valence-corrected chi connectivity index (χ0v) is 21.2. The molecule has 34 heavy (non-hydrogen) atoms. The number of hydrogen-bond acceptors (Lipinski definition) is 6. The number of fused-ring (bicyclic) bond motifs is 2. The van der Waals surface area contributed by atoms with Crippen LogP contribution in [-0.2, 0) is 4.79 Å². The fraction of sp³-hybridized carbons (Fsp3) is 0.200. The maximum atomic E-state index is 12.0. The molecule has 3 heterocycles. The van der Waals surface area contributed by atoms with Gasteiger partial charge in [0.1, 0.15) is 6.07 Å². The topological polar surface area (TPSA) is 115 Å². The smallest absolute Gasteiger partial charge is 0.246 e. The Labute approximate surface area is 200 Å². The van der Waals surface area contributed by atoms with Crippen molar-refractivity contribution in [1.82, 2.24) is 20.1 Å². The Morgan fingerprint density at radius 2 is 2.00 bits per heavy atom. The molecule has 5 rings (SSSR count). The minimum absolute atomic E-state index is 0.0701. The number of carbonyl (C=O) groups excluding carboxylic acids is 1.